The van der Waals surface area contributed by atoms with Crippen molar-refractivity contribution in [2.45, 2.75) is 44.4 Å². The fourth-order valence-electron chi connectivity index (χ4n) is 3.66. The van der Waals surface area contributed by atoms with E-state index in [-0.39, 0.29) is 12.3 Å². The first kappa shape index (κ1) is 18.1. The number of hydrogen-bond donors (Lipinski definition) is 2. The molecule has 0 radical (unpaired) electrons. The van der Waals surface area contributed by atoms with Gasteiger partial charge in [0.05, 0.1) is 11.7 Å². The summed E-state index contributed by atoms with van der Waals surface area (Å²) in [5.74, 6) is -1.15. The van der Waals surface area contributed by atoms with Crippen LogP contribution in [0.1, 0.15) is 25.0 Å². The summed E-state index contributed by atoms with van der Waals surface area (Å²) in [6.07, 6.45) is 0.822. The second-order valence-corrected chi connectivity index (χ2v) is 7.20. The van der Waals surface area contributed by atoms with E-state index in [1.165, 1.54) is 4.90 Å². The monoisotopic (exact) mass is 352 g/mol. The number of benzene rings is 2. The maximum absolute atomic E-state index is 13.1. The zero-order chi connectivity index (χ0) is 18.7. The minimum atomic E-state index is -0.988. The van der Waals surface area contributed by atoms with Gasteiger partial charge in [0.15, 0.2) is 0 Å². The molecule has 0 aromatic heterocycles. The average Bonchev–Trinajstić information content (AvgIpc) is 2.83. The molecule has 2 aromatic rings. The molecule has 5 nitrogen and oxygen atoms in total. The maximum Gasteiger partial charge on any atom is 0.326 e. The molecule has 0 saturated carbocycles. The molecular formula is C21H24N2O3. The van der Waals surface area contributed by atoms with Gasteiger partial charge < -0.3 is 10.0 Å². The van der Waals surface area contributed by atoms with E-state index in [9.17, 15) is 14.7 Å². The van der Waals surface area contributed by atoms with Gasteiger partial charge in [0.2, 0.25) is 5.91 Å². The Kier molecular flexibility index (Phi) is 5.09. The highest BCUT2D eigenvalue weighted by molar-refractivity contribution is 5.90. The first-order chi connectivity index (χ1) is 12.4. The van der Waals surface area contributed by atoms with Crippen LogP contribution in [0.15, 0.2) is 60.7 Å². The molecule has 1 saturated heterocycles. The van der Waals surface area contributed by atoms with Gasteiger partial charge >= 0.3 is 5.97 Å². The molecule has 0 spiro atoms. The second kappa shape index (κ2) is 7.30. The lowest BCUT2D eigenvalue weighted by Crippen LogP contribution is -2.55. The van der Waals surface area contributed by atoms with Crippen LogP contribution in [0.3, 0.4) is 0 Å². The quantitative estimate of drug-likeness (QED) is 0.838. The molecule has 0 bridgehead atoms. The third-order valence-electron chi connectivity index (χ3n) is 4.82. The summed E-state index contributed by atoms with van der Waals surface area (Å²) in [4.78, 5) is 26.5. The normalized spacial score (nSPS) is 20.2. The molecule has 1 heterocycles. The van der Waals surface area contributed by atoms with Crippen LogP contribution in [0.2, 0.25) is 0 Å². The Morgan fingerprint density at radius 3 is 2.15 bits per heavy atom. The minimum absolute atomic E-state index is 0.165. The van der Waals surface area contributed by atoms with Gasteiger partial charge in [-0.25, -0.2) is 4.79 Å². The third-order valence-corrected chi connectivity index (χ3v) is 4.82. The van der Waals surface area contributed by atoms with Crippen molar-refractivity contribution in [3.63, 3.8) is 0 Å². The number of carboxylic acids is 1. The maximum atomic E-state index is 13.1. The van der Waals surface area contributed by atoms with Crippen molar-refractivity contribution in [1.29, 1.82) is 0 Å². The molecule has 2 N–H and O–H groups in total. The molecule has 1 aliphatic rings. The van der Waals surface area contributed by atoms with Crippen LogP contribution in [0, 0.1) is 0 Å². The lowest BCUT2D eigenvalue weighted by Gasteiger charge is -2.36. The lowest BCUT2D eigenvalue weighted by atomic mass is 10.0. The standard InChI is InChI=1S/C21H24N2O3/c1-21(2)22-17(13-15-9-5-3-6-10-15)19(24)23(21)18(20(25)26)14-16-11-7-4-8-12-16/h3-12,17-18,22H,13-14H2,1-2H3,(H,25,26). The fourth-order valence-corrected chi connectivity index (χ4v) is 3.66. The van der Waals surface area contributed by atoms with E-state index in [2.05, 4.69) is 5.32 Å². The molecule has 2 unspecified atom stereocenters. The van der Waals surface area contributed by atoms with Gasteiger partial charge in [0.1, 0.15) is 6.04 Å². The lowest BCUT2D eigenvalue weighted by molar-refractivity contribution is -0.152. The molecule has 26 heavy (non-hydrogen) atoms. The van der Waals surface area contributed by atoms with Crippen LogP contribution < -0.4 is 5.32 Å². The Morgan fingerprint density at radius 2 is 1.62 bits per heavy atom. The number of nitrogens with one attached hydrogen (secondary N) is 1. The third kappa shape index (κ3) is 3.78. The number of amides is 1. The zero-order valence-corrected chi connectivity index (χ0v) is 15.1. The summed E-state index contributed by atoms with van der Waals surface area (Å²) >= 11 is 0. The van der Waals surface area contributed by atoms with Crippen LogP contribution in [0.5, 0.6) is 0 Å². The van der Waals surface area contributed by atoms with Crippen molar-refractivity contribution >= 4 is 11.9 Å². The molecule has 136 valence electrons. The number of rotatable bonds is 6. The van der Waals surface area contributed by atoms with Crippen LogP contribution in [0.4, 0.5) is 0 Å². The van der Waals surface area contributed by atoms with Gasteiger partial charge in [-0.15, -0.1) is 0 Å². The van der Waals surface area contributed by atoms with E-state index in [0.717, 1.165) is 11.1 Å². The van der Waals surface area contributed by atoms with Crippen LogP contribution in [-0.2, 0) is 22.4 Å². The highest BCUT2D eigenvalue weighted by atomic mass is 16.4. The zero-order valence-electron chi connectivity index (χ0n) is 15.1. The number of aliphatic carboxylic acids is 1. The predicted molar refractivity (Wildman–Crippen MR) is 99.6 cm³/mol. The predicted octanol–water partition coefficient (Wildman–Crippen LogP) is 2.46. The van der Waals surface area contributed by atoms with Crippen LogP contribution in [-0.4, -0.2) is 39.6 Å². The molecule has 1 fully saturated rings. The van der Waals surface area contributed by atoms with E-state index in [1.54, 1.807) is 0 Å². The van der Waals surface area contributed by atoms with Crippen molar-refractivity contribution in [2.24, 2.45) is 0 Å². The van der Waals surface area contributed by atoms with Crippen LogP contribution >= 0.6 is 0 Å². The largest absolute Gasteiger partial charge is 0.480 e. The molecule has 1 amide bonds. The topological polar surface area (TPSA) is 69.6 Å². The van der Waals surface area contributed by atoms with E-state index in [4.69, 9.17) is 0 Å². The number of hydrogen-bond acceptors (Lipinski definition) is 3. The number of carbonyl (C=O) groups excluding carboxylic acids is 1. The Balaban J connectivity index is 1.84. The van der Waals surface area contributed by atoms with Gasteiger partial charge in [0.25, 0.3) is 0 Å². The Bertz CT molecular complexity index is 774. The molecular weight excluding hydrogens is 328 g/mol. The van der Waals surface area contributed by atoms with E-state index in [1.807, 2.05) is 74.5 Å². The van der Waals surface area contributed by atoms with E-state index < -0.39 is 23.7 Å². The smallest absolute Gasteiger partial charge is 0.326 e. The van der Waals surface area contributed by atoms with Crippen molar-refractivity contribution in [3.8, 4) is 0 Å². The molecule has 1 aliphatic heterocycles. The summed E-state index contributed by atoms with van der Waals surface area (Å²) in [5.41, 5.74) is 1.22. The number of carbonyl (C=O) groups is 2. The molecule has 2 atom stereocenters. The van der Waals surface area contributed by atoms with E-state index >= 15 is 0 Å². The summed E-state index contributed by atoms with van der Waals surface area (Å²) in [5, 5.41) is 13.1. The Morgan fingerprint density at radius 1 is 1.08 bits per heavy atom. The van der Waals surface area contributed by atoms with Gasteiger partial charge in [-0.2, -0.15) is 0 Å². The number of carboxylic acid groups (broad SMARTS) is 1. The highest BCUT2D eigenvalue weighted by Gasteiger charge is 2.49. The van der Waals surface area contributed by atoms with Crippen molar-refractivity contribution in [3.05, 3.63) is 71.8 Å². The molecule has 5 heteroatoms. The summed E-state index contributed by atoms with van der Waals surface area (Å²) in [7, 11) is 0. The first-order valence-corrected chi connectivity index (χ1v) is 8.80. The van der Waals surface area contributed by atoms with Gasteiger partial charge in [-0.1, -0.05) is 60.7 Å². The molecule has 3 rings (SSSR count). The number of nitrogens with zero attached hydrogens (tertiary/aromatic N) is 1. The second-order valence-electron chi connectivity index (χ2n) is 7.20. The van der Waals surface area contributed by atoms with Crippen molar-refractivity contribution in [2.75, 3.05) is 0 Å². The Labute approximate surface area is 153 Å². The van der Waals surface area contributed by atoms with Crippen molar-refractivity contribution in [1.82, 2.24) is 10.2 Å². The molecule has 2 aromatic carbocycles. The summed E-state index contributed by atoms with van der Waals surface area (Å²) in [6, 6.07) is 17.8. The summed E-state index contributed by atoms with van der Waals surface area (Å²) < 4.78 is 0. The SMILES string of the molecule is CC1(C)NC(Cc2ccccc2)C(=O)N1C(Cc1ccccc1)C(=O)O. The Hall–Kier alpha value is -2.66. The highest BCUT2D eigenvalue weighted by Crippen LogP contribution is 2.27. The van der Waals surface area contributed by atoms with Crippen LogP contribution in [0.25, 0.3) is 0 Å². The van der Waals surface area contributed by atoms with E-state index in [0.29, 0.717) is 6.42 Å². The minimum Gasteiger partial charge on any atom is -0.480 e. The van der Waals surface area contributed by atoms with Crippen molar-refractivity contribution < 1.29 is 14.7 Å². The van der Waals surface area contributed by atoms with Gasteiger partial charge in [-0.05, 0) is 31.4 Å². The molecule has 0 aliphatic carbocycles. The fraction of sp³-hybridized carbons (Fsp3) is 0.333. The van der Waals surface area contributed by atoms with Gasteiger partial charge in [0, 0.05) is 6.42 Å². The average molecular weight is 352 g/mol. The van der Waals surface area contributed by atoms with Gasteiger partial charge in [-0.3, -0.25) is 10.1 Å². The first-order valence-electron chi connectivity index (χ1n) is 8.80. The summed E-state index contributed by atoms with van der Waals surface area (Å²) in [6.45, 7) is 3.72.